The number of alkyl halides is 1. The summed E-state index contributed by atoms with van der Waals surface area (Å²) in [5.41, 5.74) is 1.30. The minimum Gasteiger partial charge on any atom is -0.352 e. The molecule has 2 rings (SSSR count). The van der Waals surface area contributed by atoms with Crippen molar-refractivity contribution in [3.8, 4) is 0 Å². The fraction of sp³-hybridized carbons (Fsp3) is 0.462. The topological polar surface area (TPSA) is 29.1 Å². The van der Waals surface area contributed by atoms with Gasteiger partial charge in [0.25, 0.3) is 0 Å². The van der Waals surface area contributed by atoms with Crippen molar-refractivity contribution in [2.24, 2.45) is 0 Å². The third kappa shape index (κ3) is 3.05. The first kappa shape index (κ1) is 13.0. The van der Waals surface area contributed by atoms with E-state index in [-0.39, 0.29) is 17.2 Å². The van der Waals surface area contributed by atoms with Gasteiger partial charge in [-0.05, 0) is 24.5 Å². The molecule has 0 bridgehead atoms. The fourth-order valence-electron chi connectivity index (χ4n) is 1.87. The van der Waals surface area contributed by atoms with Gasteiger partial charge in [0.15, 0.2) is 0 Å². The molecule has 92 valence electrons. The van der Waals surface area contributed by atoms with Crippen LogP contribution in [-0.2, 0) is 11.2 Å². The van der Waals surface area contributed by atoms with Gasteiger partial charge < -0.3 is 5.32 Å². The van der Waals surface area contributed by atoms with Crippen LogP contribution in [0.2, 0.25) is 0 Å². The van der Waals surface area contributed by atoms with Crippen molar-refractivity contribution in [1.29, 1.82) is 0 Å². The molecule has 4 heteroatoms. The van der Waals surface area contributed by atoms with Crippen LogP contribution in [-0.4, -0.2) is 22.5 Å². The molecular weight excluding hydrogens is 298 g/mol. The molecule has 1 amide bonds. The molecule has 2 atom stereocenters. The maximum atomic E-state index is 12.1. The maximum Gasteiger partial charge on any atom is 0.234 e. The van der Waals surface area contributed by atoms with Crippen molar-refractivity contribution in [3.05, 3.63) is 29.8 Å². The van der Waals surface area contributed by atoms with Crippen LogP contribution >= 0.6 is 27.7 Å². The second-order valence-corrected chi connectivity index (χ2v) is 6.08. The highest BCUT2D eigenvalue weighted by molar-refractivity contribution is 9.09. The largest absolute Gasteiger partial charge is 0.352 e. The van der Waals surface area contributed by atoms with E-state index < -0.39 is 0 Å². The van der Waals surface area contributed by atoms with E-state index in [4.69, 9.17) is 0 Å². The van der Waals surface area contributed by atoms with E-state index in [1.807, 2.05) is 12.1 Å². The van der Waals surface area contributed by atoms with Crippen LogP contribution in [0.25, 0.3) is 0 Å². The van der Waals surface area contributed by atoms with E-state index in [0.29, 0.717) is 0 Å². The lowest BCUT2D eigenvalue weighted by molar-refractivity contribution is -0.121. The first-order valence-electron chi connectivity index (χ1n) is 5.85. The summed E-state index contributed by atoms with van der Waals surface area (Å²) in [6, 6.07) is 8.51. The van der Waals surface area contributed by atoms with Gasteiger partial charge in [0.2, 0.25) is 5.91 Å². The Bertz CT molecular complexity index is 381. The number of amides is 1. The van der Waals surface area contributed by atoms with Gasteiger partial charge in [0.05, 0.1) is 5.25 Å². The van der Waals surface area contributed by atoms with Gasteiger partial charge in [-0.3, -0.25) is 4.79 Å². The Morgan fingerprint density at radius 3 is 3.00 bits per heavy atom. The Morgan fingerprint density at radius 2 is 2.35 bits per heavy atom. The van der Waals surface area contributed by atoms with E-state index in [1.165, 1.54) is 10.5 Å². The third-order valence-corrected chi connectivity index (χ3v) is 5.06. The fourth-order valence-corrected chi connectivity index (χ4v) is 3.70. The maximum absolute atomic E-state index is 12.1. The molecular formula is C13H16BrNOS. The lowest BCUT2D eigenvalue weighted by Crippen LogP contribution is -2.40. The van der Waals surface area contributed by atoms with E-state index in [2.05, 4.69) is 40.3 Å². The van der Waals surface area contributed by atoms with Gasteiger partial charge in [0, 0.05) is 16.3 Å². The van der Waals surface area contributed by atoms with Gasteiger partial charge in [-0.25, -0.2) is 0 Å². The zero-order valence-electron chi connectivity index (χ0n) is 9.78. The number of carbonyl (C=O) groups excluding carboxylic acids is 1. The number of carbonyl (C=O) groups is 1. The van der Waals surface area contributed by atoms with Crippen molar-refractivity contribution in [3.63, 3.8) is 0 Å². The first-order valence-corrected chi connectivity index (χ1v) is 7.85. The summed E-state index contributed by atoms with van der Waals surface area (Å²) in [6.45, 7) is 2.09. The van der Waals surface area contributed by atoms with Crippen LogP contribution < -0.4 is 5.32 Å². The molecule has 1 aromatic rings. The minimum absolute atomic E-state index is 0.0421. The molecule has 1 aliphatic heterocycles. The number of benzene rings is 1. The van der Waals surface area contributed by atoms with Crippen molar-refractivity contribution in [1.82, 2.24) is 5.32 Å². The number of rotatable bonds is 4. The van der Waals surface area contributed by atoms with Gasteiger partial charge in [-0.1, -0.05) is 41.1 Å². The highest BCUT2D eigenvalue weighted by atomic mass is 79.9. The van der Waals surface area contributed by atoms with Gasteiger partial charge >= 0.3 is 0 Å². The molecule has 0 saturated carbocycles. The predicted octanol–water partition coefficient (Wildman–Crippen LogP) is 2.99. The second kappa shape index (κ2) is 5.91. The van der Waals surface area contributed by atoms with Crippen molar-refractivity contribution in [2.75, 3.05) is 5.33 Å². The third-order valence-electron chi connectivity index (χ3n) is 2.97. The number of thioether (sulfide) groups is 1. The summed E-state index contributed by atoms with van der Waals surface area (Å²) in [5, 5.41) is 3.95. The molecule has 0 radical (unpaired) electrons. The number of fused-ring (bicyclic) bond motifs is 1. The summed E-state index contributed by atoms with van der Waals surface area (Å²) in [4.78, 5) is 13.3. The summed E-state index contributed by atoms with van der Waals surface area (Å²) < 4.78 is 0. The van der Waals surface area contributed by atoms with Crippen molar-refractivity contribution < 1.29 is 4.79 Å². The van der Waals surface area contributed by atoms with E-state index in [9.17, 15) is 4.79 Å². The van der Waals surface area contributed by atoms with Crippen LogP contribution in [0.3, 0.4) is 0 Å². The van der Waals surface area contributed by atoms with Gasteiger partial charge in [0.1, 0.15) is 0 Å². The Kier molecular flexibility index (Phi) is 4.51. The molecule has 2 unspecified atom stereocenters. The Morgan fingerprint density at radius 1 is 1.59 bits per heavy atom. The molecule has 17 heavy (non-hydrogen) atoms. The van der Waals surface area contributed by atoms with Crippen molar-refractivity contribution in [2.45, 2.75) is 36.0 Å². The van der Waals surface area contributed by atoms with E-state index >= 15 is 0 Å². The zero-order valence-corrected chi connectivity index (χ0v) is 12.2. The number of hydrogen-bond donors (Lipinski definition) is 1. The second-order valence-electron chi connectivity index (χ2n) is 4.19. The number of halogens is 1. The monoisotopic (exact) mass is 313 g/mol. The number of nitrogens with one attached hydrogen (secondary N) is 1. The molecule has 1 heterocycles. The molecule has 0 saturated heterocycles. The summed E-state index contributed by atoms with van der Waals surface area (Å²) >= 11 is 5.10. The lowest BCUT2D eigenvalue weighted by Gasteiger charge is -2.16. The lowest BCUT2D eigenvalue weighted by atomic mass is 10.1. The molecule has 2 nitrogen and oxygen atoms in total. The molecule has 1 aromatic carbocycles. The van der Waals surface area contributed by atoms with Gasteiger partial charge in [-0.15, -0.1) is 11.8 Å². The van der Waals surface area contributed by atoms with Gasteiger partial charge in [-0.2, -0.15) is 0 Å². The smallest absolute Gasteiger partial charge is 0.234 e. The molecule has 0 fully saturated rings. The average molecular weight is 314 g/mol. The standard InChI is InChI=1S/C13H16BrNOS/c1-2-10(8-14)15-13(16)12-7-9-5-3-4-6-11(9)17-12/h3-6,10,12H,2,7-8H2,1H3,(H,15,16). The first-order chi connectivity index (χ1) is 8.24. The summed E-state index contributed by atoms with van der Waals surface area (Å²) in [5.74, 6) is 0.164. The Labute approximate surface area is 115 Å². The quantitative estimate of drug-likeness (QED) is 0.866. The molecule has 0 spiro atoms. The zero-order chi connectivity index (χ0) is 12.3. The molecule has 0 aliphatic carbocycles. The summed E-state index contributed by atoms with van der Waals surface area (Å²) in [6.07, 6.45) is 1.81. The van der Waals surface area contributed by atoms with Crippen LogP contribution in [0.4, 0.5) is 0 Å². The molecule has 1 aliphatic rings. The van der Waals surface area contributed by atoms with E-state index in [0.717, 1.165) is 18.2 Å². The van der Waals surface area contributed by atoms with Crippen LogP contribution in [0.15, 0.2) is 29.2 Å². The SMILES string of the molecule is CCC(CBr)NC(=O)C1Cc2ccccc2S1. The Hall–Kier alpha value is -0.480. The highest BCUT2D eigenvalue weighted by Gasteiger charge is 2.28. The van der Waals surface area contributed by atoms with E-state index in [1.54, 1.807) is 11.8 Å². The summed E-state index contributed by atoms with van der Waals surface area (Å²) in [7, 11) is 0. The highest BCUT2D eigenvalue weighted by Crippen LogP contribution is 2.36. The van der Waals surface area contributed by atoms with Crippen LogP contribution in [0.1, 0.15) is 18.9 Å². The normalized spacial score (nSPS) is 19.8. The van der Waals surface area contributed by atoms with Crippen LogP contribution in [0, 0.1) is 0 Å². The van der Waals surface area contributed by atoms with Crippen molar-refractivity contribution >= 4 is 33.6 Å². The molecule has 0 aromatic heterocycles. The number of hydrogen-bond acceptors (Lipinski definition) is 2. The predicted molar refractivity (Wildman–Crippen MR) is 75.8 cm³/mol. The Balaban J connectivity index is 1.96. The van der Waals surface area contributed by atoms with Crippen LogP contribution in [0.5, 0.6) is 0 Å². The average Bonchev–Trinajstić information content (AvgIpc) is 2.79. The molecule has 1 N–H and O–H groups in total. The minimum atomic E-state index is 0.0421.